The molecule has 0 fully saturated rings. The molecule has 1 aromatic carbocycles. The number of nitrogens with one attached hydrogen (secondary N) is 2. The van der Waals surface area contributed by atoms with E-state index in [2.05, 4.69) is 17.2 Å². The van der Waals surface area contributed by atoms with Gasteiger partial charge in [-0.05, 0) is 37.8 Å². The molecule has 1 atom stereocenters. The highest BCUT2D eigenvalue weighted by atomic mass is 19.2. The van der Waals surface area contributed by atoms with Crippen molar-refractivity contribution in [3.8, 4) is 0 Å². The van der Waals surface area contributed by atoms with Crippen molar-refractivity contribution in [1.82, 2.24) is 10.3 Å². The first kappa shape index (κ1) is 13.5. The molecule has 0 amide bonds. The molecule has 0 aliphatic heterocycles. The Bertz CT molecular complexity index is 648. The molecule has 2 N–H and O–H groups in total. The molecule has 2 nitrogen and oxygen atoms in total. The van der Waals surface area contributed by atoms with Crippen molar-refractivity contribution >= 4 is 10.9 Å². The topological polar surface area (TPSA) is 27.8 Å². The third-order valence-corrected chi connectivity index (χ3v) is 3.97. The molecule has 3 rings (SSSR count). The minimum atomic E-state index is -1.12. The van der Waals surface area contributed by atoms with Crippen molar-refractivity contribution in [2.24, 2.45) is 0 Å². The predicted octanol–water partition coefficient (Wildman–Crippen LogP) is 3.96. The highest BCUT2D eigenvalue weighted by Crippen LogP contribution is 2.37. The van der Waals surface area contributed by atoms with E-state index in [0.29, 0.717) is 12.5 Å². The van der Waals surface area contributed by atoms with Gasteiger partial charge in [0.2, 0.25) is 0 Å². The lowest BCUT2D eigenvalue weighted by Gasteiger charge is -2.23. The average molecular weight is 282 g/mol. The van der Waals surface area contributed by atoms with Crippen LogP contribution in [0.2, 0.25) is 0 Å². The first-order valence-corrected chi connectivity index (χ1v) is 7.04. The molecule has 1 aromatic heterocycles. The molecule has 0 saturated heterocycles. The van der Waals surface area contributed by atoms with Crippen LogP contribution in [-0.4, -0.2) is 11.5 Å². The molecule has 0 radical (unpaired) electrons. The number of halogens is 3. The van der Waals surface area contributed by atoms with Crippen LogP contribution >= 0.6 is 0 Å². The summed E-state index contributed by atoms with van der Waals surface area (Å²) in [6.07, 6.45) is 3.45. The number of aromatic nitrogens is 1. The second-order valence-electron chi connectivity index (χ2n) is 5.32. The average Bonchev–Trinajstić information content (AvgIpc) is 2.83. The lowest BCUT2D eigenvalue weighted by molar-refractivity contribution is 0.453. The Morgan fingerprint density at radius 1 is 1.30 bits per heavy atom. The van der Waals surface area contributed by atoms with E-state index in [1.807, 2.05) is 0 Å². The van der Waals surface area contributed by atoms with E-state index < -0.39 is 17.5 Å². The summed E-state index contributed by atoms with van der Waals surface area (Å²) in [5.74, 6) is -2.81. The second-order valence-corrected chi connectivity index (χ2v) is 5.32. The molecule has 108 valence electrons. The quantitative estimate of drug-likeness (QED) is 0.819. The van der Waals surface area contributed by atoms with Crippen molar-refractivity contribution in [3.05, 3.63) is 34.8 Å². The molecule has 0 bridgehead atoms. The van der Waals surface area contributed by atoms with Gasteiger partial charge in [0.05, 0.1) is 5.52 Å². The summed E-state index contributed by atoms with van der Waals surface area (Å²) >= 11 is 0. The van der Waals surface area contributed by atoms with Crippen LogP contribution in [0.4, 0.5) is 13.2 Å². The molecular weight excluding hydrogens is 265 g/mol. The maximum Gasteiger partial charge on any atom is 0.168 e. The maximum absolute atomic E-state index is 14.0. The zero-order chi connectivity index (χ0) is 14.3. The number of hydrogen-bond donors (Lipinski definition) is 2. The minimum absolute atomic E-state index is 0.0629. The van der Waals surface area contributed by atoms with Gasteiger partial charge in [0.1, 0.15) is 5.82 Å². The molecule has 0 saturated carbocycles. The largest absolute Gasteiger partial charge is 0.354 e. The number of aryl methyl sites for hydroxylation is 1. The number of aromatic amines is 1. The summed E-state index contributed by atoms with van der Waals surface area (Å²) in [7, 11) is 0. The number of fused-ring (bicyclic) bond motifs is 3. The van der Waals surface area contributed by atoms with Crippen molar-refractivity contribution < 1.29 is 13.2 Å². The van der Waals surface area contributed by atoms with Crippen LogP contribution < -0.4 is 5.32 Å². The van der Waals surface area contributed by atoms with Crippen LogP contribution in [0, 0.1) is 17.5 Å². The van der Waals surface area contributed by atoms with E-state index in [9.17, 15) is 13.2 Å². The fourth-order valence-corrected chi connectivity index (χ4v) is 3.05. The standard InChI is InChI=1S/C15H17F3N2/c1-2-6-19-11-5-3-4-8-12-13(18)9(16)7-10(17)15(12)20-14(8)11/h7,11,19-20H,2-6H2,1H3. The maximum atomic E-state index is 14.0. The Balaban J connectivity index is 2.17. The Labute approximate surface area is 115 Å². The van der Waals surface area contributed by atoms with Crippen molar-refractivity contribution in [3.63, 3.8) is 0 Å². The minimum Gasteiger partial charge on any atom is -0.354 e. The molecular formula is C15H17F3N2. The van der Waals surface area contributed by atoms with Gasteiger partial charge in [-0.3, -0.25) is 0 Å². The molecule has 20 heavy (non-hydrogen) atoms. The Morgan fingerprint density at radius 2 is 2.10 bits per heavy atom. The highest BCUT2D eigenvalue weighted by molar-refractivity contribution is 5.86. The first-order chi connectivity index (χ1) is 9.63. The molecule has 2 aromatic rings. The van der Waals surface area contributed by atoms with Crippen LogP contribution in [0.1, 0.15) is 43.5 Å². The smallest absolute Gasteiger partial charge is 0.168 e. The summed E-state index contributed by atoms with van der Waals surface area (Å²) in [5.41, 5.74) is 1.61. The van der Waals surface area contributed by atoms with Crippen LogP contribution in [-0.2, 0) is 6.42 Å². The van der Waals surface area contributed by atoms with Gasteiger partial charge in [-0.15, -0.1) is 0 Å². The van der Waals surface area contributed by atoms with Gasteiger partial charge in [-0.2, -0.15) is 0 Å². The van der Waals surface area contributed by atoms with Crippen molar-refractivity contribution in [1.29, 1.82) is 0 Å². The number of hydrogen-bond acceptors (Lipinski definition) is 1. The number of rotatable bonds is 3. The van der Waals surface area contributed by atoms with E-state index in [0.717, 1.165) is 37.1 Å². The Hall–Kier alpha value is -1.49. The summed E-state index contributed by atoms with van der Waals surface area (Å²) in [4.78, 5) is 2.97. The van der Waals surface area contributed by atoms with Gasteiger partial charge >= 0.3 is 0 Å². The van der Waals surface area contributed by atoms with E-state index >= 15 is 0 Å². The van der Waals surface area contributed by atoms with Crippen molar-refractivity contribution in [2.45, 2.75) is 38.6 Å². The first-order valence-electron chi connectivity index (χ1n) is 7.04. The fourth-order valence-electron chi connectivity index (χ4n) is 3.05. The molecule has 1 aliphatic carbocycles. The summed E-state index contributed by atoms with van der Waals surface area (Å²) in [6, 6.07) is 0.668. The van der Waals surface area contributed by atoms with Crippen LogP contribution in [0.25, 0.3) is 10.9 Å². The fraction of sp³-hybridized carbons (Fsp3) is 0.467. The Kier molecular flexibility index (Phi) is 3.46. The van der Waals surface area contributed by atoms with Crippen LogP contribution in [0.15, 0.2) is 6.07 Å². The molecule has 1 unspecified atom stereocenters. The summed E-state index contributed by atoms with van der Waals surface area (Å²) in [6.45, 7) is 2.91. The summed E-state index contributed by atoms with van der Waals surface area (Å²) < 4.78 is 41.2. The second kappa shape index (κ2) is 5.13. The van der Waals surface area contributed by atoms with Crippen molar-refractivity contribution in [2.75, 3.05) is 6.54 Å². The monoisotopic (exact) mass is 282 g/mol. The summed E-state index contributed by atoms with van der Waals surface area (Å²) in [5, 5.41) is 3.46. The van der Waals surface area contributed by atoms with Gasteiger partial charge in [-0.1, -0.05) is 6.92 Å². The molecule has 0 spiro atoms. The van der Waals surface area contributed by atoms with E-state index in [-0.39, 0.29) is 16.9 Å². The van der Waals surface area contributed by atoms with Gasteiger partial charge < -0.3 is 10.3 Å². The van der Waals surface area contributed by atoms with E-state index in [1.54, 1.807) is 0 Å². The van der Waals surface area contributed by atoms with Gasteiger partial charge in [0.25, 0.3) is 0 Å². The number of H-pyrrole nitrogens is 1. The molecule has 1 heterocycles. The van der Waals surface area contributed by atoms with E-state index in [4.69, 9.17) is 0 Å². The lowest BCUT2D eigenvalue weighted by atomic mass is 9.91. The third kappa shape index (κ3) is 2.00. The van der Waals surface area contributed by atoms with E-state index in [1.165, 1.54) is 0 Å². The normalized spacial score (nSPS) is 18.5. The zero-order valence-corrected chi connectivity index (χ0v) is 11.3. The SMILES string of the molecule is CCCNC1CCCc2c1[nH]c1c(F)cc(F)c(F)c21. The Morgan fingerprint density at radius 3 is 2.85 bits per heavy atom. The van der Waals surface area contributed by atoms with Crippen LogP contribution in [0.5, 0.6) is 0 Å². The van der Waals surface area contributed by atoms with Crippen LogP contribution in [0.3, 0.4) is 0 Å². The van der Waals surface area contributed by atoms with Gasteiger partial charge in [0.15, 0.2) is 11.6 Å². The molecule has 5 heteroatoms. The number of benzene rings is 1. The highest BCUT2D eigenvalue weighted by Gasteiger charge is 2.27. The predicted molar refractivity (Wildman–Crippen MR) is 72.1 cm³/mol. The molecule has 1 aliphatic rings. The third-order valence-electron chi connectivity index (χ3n) is 3.97. The zero-order valence-electron chi connectivity index (χ0n) is 11.3. The van der Waals surface area contributed by atoms with Gasteiger partial charge in [0, 0.05) is 23.2 Å². The lowest BCUT2D eigenvalue weighted by Crippen LogP contribution is -2.25. The van der Waals surface area contributed by atoms with Gasteiger partial charge in [-0.25, -0.2) is 13.2 Å².